The summed E-state index contributed by atoms with van der Waals surface area (Å²) in [6.45, 7) is 12.2. The maximum absolute atomic E-state index is 13.3. The summed E-state index contributed by atoms with van der Waals surface area (Å²) >= 11 is 0. The third-order valence-corrected chi connectivity index (χ3v) is 6.74. The molecule has 1 heterocycles. The SMILES string of the molecule is Cc1ccc(NS(=O)(=O)c2cccc3ncccc23)cc1C[C@H](NC(=O)OC(C)(C)C)C(=O)OC(C)(C)C. The summed E-state index contributed by atoms with van der Waals surface area (Å²) in [6, 6.07) is 12.3. The number of carbonyl (C=O) groups is 2. The van der Waals surface area contributed by atoms with E-state index in [4.69, 9.17) is 9.47 Å². The van der Waals surface area contributed by atoms with E-state index in [0.717, 1.165) is 5.56 Å². The quantitative estimate of drug-likeness (QED) is 0.398. The molecule has 0 aliphatic carbocycles. The van der Waals surface area contributed by atoms with Gasteiger partial charge in [-0.05, 0) is 96.0 Å². The Hall–Kier alpha value is -3.66. The van der Waals surface area contributed by atoms with E-state index >= 15 is 0 Å². The minimum atomic E-state index is -3.95. The fourth-order valence-corrected chi connectivity index (χ4v) is 4.98. The van der Waals surface area contributed by atoms with Gasteiger partial charge in [-0.15, -0.1) is 0 Å². The zero-order valence-electron chi connectivity index (χ0n) is 22.8. The summed E-state index contributed by atoms with van der Waals surface area (Å²) in [4.78, 5) is 29.8. The van der Waals surface area contributed by atoms with Gasteiger partial charge >= 0.3 is 12.1 Å². The zero-order chi connectivity index (χ0) is 28.3. The third-order valence-electron chi connectivity index (χ3n) is 5.30. The molecule has 0 spiro atoms. The number of hydrogen-bond acceptors (Lipinski definition) is 7. The minimum Gasteiger partial charge on any atom is -0.458 e. The lowest BCUT2D eigenvalue weighted by Crippen LogP contribution is -2.47. The van der Waals surface area contributed by atoms with Crippen LogP contribution in [0.4, 0.5) is 10.5 Å². The standard InChI is InChI=1S/C28H35N3O6S/c1-18-13-14-20(31-38(34,35)24-12-8-11-22-21(24)10-9-15-29-22)16-19(18)17-23(25(32)36-27(2,3)4)30-26(33)37-28(5,6)7/h8-16,23,31H,17H2,1-7H3,(H,30,33)/t23-/m0/s1. The monoisotopic (exact) mass is 541 g/mol. The Kier molecular flexibility index (Phi) is 8.36. The van der Waals surface area contributed by atoms with Crippen molar-refractivity contribution in [2.24, 2.45) is 0 Å². The summed E-state index contributed by atoms with van der Waals surface area (Å²) in [5.41, 5.74) is 0.803. The Morgan fingerprint density at radius 2 is 1.63 bits per heavy atom. The number of rotatable bonds is 7. The molecule has 38 heavy (non-hydrogen) atoms. The molecule has 0 bridgehead atoms. The largest absolute Gasteiger partial charge is 0.458 e. The number of ether oxygens (including phenoxy) is 2. The number of carbonyl (C=O) groups excluding carboxylic acids is 2. The van der Waals surface area contributed by atoms with Gasteiger partial charge in [0.25, 0.3) is 10.0 Å². The van der Waals surface area contributed by atoms with Gasteiger partial charge in [0.05, 0.1) is 10.4 Å². The van der Waals surface area contributed by atoms with E-state index in [1.165, 1.54) is 6.07 Å². The van der Waals surface area contributed by atoms with E-state index in [1.807, 2.05) is 6.92 Å². The first-order valence-corrected chi connectivity index (χ1v) is 13.7. The lowest BCUT2D eigenvalue weighted by atomic mass is 10.00. The van der Waals surface area contributed by atoms with E-state index in [9.17, 15) is 18.0 Å². The molecule has 0 saturated heterocycles. The number of pyridine rings is 1. The average molecular weight is 542 g/mol. The number of hydrogen-bond donors (Lipinski definition) is 2. The summed E-state index contributed by atoms with van der Waals surface area (Å²) < 4.78 is 40.1. The highest BCUT2D eigenvalue weighted by Gasteiger charge is 2.29. The first kappa shape index (κ1) is 28.9. The lowest BCUT2D eigenvalue weighted by molar-refractivity contribution is -0.157. The number of anilines is 1. The van der Waals surface area contributed by atoms with Crippen molar-refractivity contribution >= 4 is 38.7 Å². The first-order valence-electron chi connectivity index (χ1n) is 12.2. The second-order valence-corrected chi connectivity index (χ2v) is 12.7. The van der Waals surface area contributed by atoms with Gasteiger partial charge in [-0.1, -0.05) is 12.1 Å². The van der Waals surface area contributed by atoms with Crippen LogP contribution in [0.3, 0.4) is 0 Å². The molecule has 9 nitrogen and oxygen atoms in total. The van der Waals surface area contributed by atoms with Crippen molar-refractivity contribution in [3.8, 4) is 0 Å². The van der Waals surface area contributed by atoms with E-state index in [2.05, 4.69) is 15.0 Å². The van der Waals surface area contributed by atoms with Crippen LogP contribution in [-0.4, -0.2) is 42.7 Å². The van der Waals surface area contributed by atoms with Gasteiger partial charge in [-0.3, -0.25) is 9.71 Å². The molecule has 10 heteroatoms. The summed E-state index contributed by atoms with van der Waals surface area (Å²) in [5.74, 6) is -0.628. The third kappa shape index (κ3) is 7.92. The Bertz CT molecular complexity index is 1430. The molecule has 0 saturated carbocycles. The molecule has 0 aliphatic heterocycles. The molecule has 1 aromatic heterocycles. The van der Waals surface area contributed by atoms with Crippen molar-refractivity contribution in [2.75, 3.05) is 4.72 Å². The van der Waals surface area contributed by atoms with Crippen molar-refractivity contribution in [2.45, 2.75) is 77.0 Å². The van der Waals surface area contributed by atoms with Gasteiger partial charge in [0.15, 0.2) is 0 Å². The van der Waals surface area contributed by atoms with Crippen LogP contribution in [0.1, 0.15) is 52.7 Å². The van der Waals surface area contributed by atoms with Gasteiger partial charge in [-0.2, -0.15) is 0 Å². The smallest absolute Gasteiger partial charge is 0.408 e. The van der Waals surface area contributed by atoms with Crippen molar-refractivity contribution in [1.29, 1.82) is 0 Å². The van der Waals surface area contributed by atoms with Crippen molar-refractivity contribution in [1.82, 2.24) is 10.3 Å². The van der Waals surface area contributed by atoms with E-state index in [-0.39, 0.29) is 11.3 Å². The highest BCUT2D eigenvalue weighted by molar-refractivity contribution is 7.93. The Balaban J connectivity index is 1.90. The van der Waals surface area contributed by atoms with Crippen LogP contribution >= 0.6 is 0 Å². The molecule has 204 valence electrons. The number of aromatic nitrogens is 1. The van der Waals surface area contributed by atoms with E-state index < -0.39 is 39.3 Å². The Morgan fingerprint density at radius 3 is 2.29 bits per heavy atom. The van der Waals surface area contributed by atoms with Crippen LogP contribution in [0, 0.1) is 6.92 Å². The summed E-state index contributed by atoms with van der Waals surface area (Å²) in [6.07, 6.45) is 0.908. The molecular formula is C28H35N3O6S. The minimum absolute atomic E-state index is 0.0632. The molecule has 0 radical (unpaired) electrons. The Morgan fingerprint density at radius 1 is 0.947 bits per heavy atom. The molecule has 1 atom stereocenters. The molecular weight excluding hydrogens is 506 g/mol. The predicted octanol–water partition coefficient (Wildman–Crippen LogP) is 5.12. The second kappa shape index (κ2) is 11.0. The number of nitrogens with one attached hydrogen (secondary N) is 2. The highest BCUT2D eigenvalue weighted by atomic mass is 32.2. The van der Waals surface area contributed by atoms with Crippen LogP contribution < -0.4 is 10.0 Å². The van der Waals surface area contributed by atoms with Gasteiger partial charge < -0.3 is 14.8 Å². The fraction of sp³-hybridized carbons (Fsp3) is 0.393. The summed E-state index contributed by atoms with van der Waals surface area (Å²) in [5, 5.41) is 3.11. The maximum Gasteiger partial charge on any atom is 0.408 e. The van der Waals surface area contributed by atoms with Crippen molar-refractivity contribution in [3.63, 3.8) is 0 Å². The molecule has 2 aromatic carbocycles. The second-order valence-electron chi connectivity index (χ2n) is 11.0. The topological polar surface area (TPSA) is 124 Å². The van der Waals surface area contributed by atoms with Crippen LogP contribution in [-0.2, 0) is 30.7 Å². The van der Waals surface area contributed by atoms with Crippen molar-refractivity contribution in [3.05, 3.63) is 65.9 Å². The predicted molar refractivity (Wildman–Crippen MR) is 146 cm³/mol. The number of fused-ring (bicyclic) bond motifs is 1. The van der Waals surface area contributed by atoms with E-state index in [1.54, 1.807) is 90.2 Å². The van der Waals surface area contributed by atoms with Crippen LogP contribution in [0.2, 0.25) is 0 Å². The van der Waals surface area contributed by atoms with Crippen LogP contribution in [0.5, 0.6) is 0 Å². The molecule has 0 aliphatic rings. The highest BCUT2D eigenvalue weighted by Crippen LogP contribution is 2.25. The number of esters is 1. The zero-order valence-corrected chi connectivity index (χ0v) is 23.6. The van der Waals surface area contributed by atoms with Gasteiger partial charge in [0.1, 0.15) is 17.2 Å². The van der Waals surface area contributed by atoms with Crippen LogP contribution in [0.25, 0.3) is 10.9 Å². The average Bonchev–Trinajstić information content (AvgIpc) is 2.77. The first-order chi connectivity index (χ1) is 17.5. The number of benzene rings is 2. The molecule has 3 rings (SSSR count). The fourth-order valence-electron chi connectivity index (χ4n) is 3.71. The van der Waals surface area contributed by atoms with Gasteiger partial charge in [-0.25, -0.2) is 18.0 Å². The molecule has 0 fully saturated rings. The number of alkyl carbamates (subject to hydrolysis) is 1. The van der Waals surface area contributed by atoms with Crippen molar-refractivity contribution < 1.29 is 27.5 Å². The number of aryl methyl sites for hydroxylation is 1. The normalized spacial score (nSPS) is 13.0. The van der Waals surface area contributed by atoms with Gasteiger partial charge in [0.2, 0.25) is 0 Å². The van der Waals surface area contributed by atoms with Crippen LogP contribution in [0.15, 0.2) is 59.6 Å². The molecule has 1 amide bonds. The lowest BCUT2D eigenvalue weighted by Gasteiger charge is -2.26. The number of amides is 1. The molecule has 2 N–H and O–H groups in total. The van der Waals surface area contributed by atoms with E-state index in [0.29, 0.717) is 22.2 Å². The Labute approximate surface area is 224 Å². The molecule has 0 unspecified atom stereocenters. The number of nitrogens with zero attached hydrogens (tertiary/aromatic N) is 1. The number of sulfonamides is 1. The van der Waals surface area contributed by atoms with Gasteiger partial charge in [0, 0.05) is 23.7 Å². The summed E-state index contributed by atoms with van der Waals surface area (Å²) in [7, 11) is -3.95. The maximum atomic E-state index is 13.3. The molecule has 3 aromatic rings.